The monoisotopic (exact) mass is 423 g/mol. The molecule has 1 unspecified atom stereocenters. The van der Waals surface area contributed by atoms with Gasteiger partial charge >= 0.3 is 0 Å². The fraction of sp³-hybridized carbons (Fsp3) is 0.182. The minimum Gasteiger partial charge on any atom is -0.473 e. The summed E-state index contributed by atoms with van der Waals surface area (Å²) in [5, 5.41) is 4.90. The number of thiophene rings is 1. The van der Waals surface area contributed by atoms with Gasteiger partial charge < -0.3 is 10.1 Å². The summed E-state index contributed by atoms with van der Waals surface area (Å²) in [7, 11) is 0. The van der Waals surface area contributed by atoms with Gasteiger partial charge in [0.05, 0.1) is 11.9 Å². The molecule has 0 saturated carbocycles. The zero-order valence-corrected chi connectivity index (χ0v) is 17.0. The summed E-state index contributed by atoms with van der Waals surface area (Å²) in [6.45, 7) is 1.81. The summed E-state index contributed by atoms with van der Waals surface area (Å²) in [5.74, 6) is 0.581. The summed E-state index contributed by atoms with van der Waals surface area (Å²) >= 11 is 7.47. The van der Waals surface area contributed by atoms with Crippen LogP contribution in [0.3, 0.4) is 0 Å². The maximum Gasteiger partial charge on any atom is 0.273 e. The van der Waals surface area contributed by atoms with Crippen LogP contribution >= 0.6 is 22.9 Å². The van der Waals surface area contributed by atoms with Gasteiger partial charge in [-0.05, 0) is 48.9 Å². The topological polar surface area (TPSA) is 56.1 Å². The first-order valence-electron chi connectivity index (χ1n) is 9.42. The Morgan fingerprint density at radius 2 is 2.03 bits per heavy atom. The van der Waals surface area contributed by atoms with Crippen molar-refractivity contribution >= 4 is 33.0 Å². The molecule has 4 aromatic rings. The van der Waals surface area contributed by atoms with Gasteiger partial charge in [-0.25, -0.2) is 4.98 Å². The fourth-order valence-electron chi connectivity index (χ4n) is 3.47. The Hall–Kier alpha value is -2.67. The molecule has 1 atom stereocenters. The Morgan fingerprint density at radius 1 is 1.17 bits per heavy atom. The van der Waals surface area contributed by atoms with Gasteiger partial charge in [0.1, 0.15) is 10.8 Å². The summed E-state index contributed by atoms with van der Waals surface area (Å²) in [4.78, 5) is 18.5. The van der Waals surface area contributed by atoms with Crippen molar-refractivity contribution in [2.75, 3.05) is 13.1 Å². The Labute approximate surface area is 176 Å². The lowest BCUT2D eigenvalue weighted by Crippen LogP contribution is -2.20. The summed E-state index contributed by atoms with van der Waals surface area (Å²) in [6, 6.07) is 15.3. The number of nitrogens with zero attached hydrogens (tertiary/aromatic N) is 2. The second-order valence-corrected chi connectivity index (χ2v) is 8.47. The highest BCUT2D eigenvalue weighted by atomic mass is 35.5. The minimum absolute atomic E-state index is 0.0526. The quantitative estimate of drug-likeness (QED) is 0.524. The molecular formula is C22H18ClN3O2S. The zero-order valence-electron chi connectivity index (χ0n) is 15.5. The highest BCUT2D eigenvalue weighted by Gasteiger charge is 2.16. The van der Waals surface area contributed by atoms with E-state index in [0.29, 0.717) is 10.9 Å². The van der Waals surface area contributed by atoms with Crippen LogP contribution in [-0.4, -0.2) is 28.7 Å². The molecule has 0 aliphatic carbocycles. The standard InChI is InChI=1S/C22H18ClN3O2S/c23-16-3-1-14(2-4-16)19-11-15-8-10-26(22(27)21(15)29-19)17-5-6-20(25-12-17)28-18-7-9-24-13-18/h1-6,8,10-12,18,24H,7,9,13H2. The first-order chi connectivity index (χ1) is 14.2. The van der Waals surface area contributed by atoms with Crippen LogP contribution in [0.15, 0.2) is 65.7 Å². The van der Waals surface area contributed by atoms with Gasteiger partial charge in [-0.3, -0.25) is 9.36 Å². The van der Waals surface area contributed by atoms with Crippen LogP contribution in [0, 0.1) is 0 Å². The molecule has 0 bridgehead atoms. The minimum atomic E-state index is -0.0526. The van der Waals surface area contributed by atoms with Crippen molar-refractivity contribution in [1.29, 1.82) is 0 Å². The number of ether oxygens (including phenoxy) is 1. The lowest BCUT2D eigenvalue weighted by molar-refractivity contribution is 0.214. The van der Waals surface area contributed by atoms with Crippen LogP contribution in [0.4, 0.5) is 0 Å². The average Bonchev–Trinajstić information content (AvgIpc) is 3.40. The molecule has 1 N–H and O–H groups in total. The highest BCUT2D eigenvalue weighted by Crippen LogP contribution is 2.32. The van der Waals surface area contributed by atoms with Crippen molar-refractivity contribution in [3.8, 4) is 22.0 Å². The first kappa shape index (κ1) is 18.4. The summed E-state index contributed by atoms with van der Waals surface area (Å²) in [6.07, 6.45) is 4.61. The van der Waals surface area contributed by atoms with E-state index in [1.807, 2.05) is 48.5 Å². The van der Waals surface area contributed by atoms with E-state index in [1.54, 1.807) is 17.0 Å². The van der Waals surface area contributed by atoms with E-state index < -0.39 is 0 Å². The van der Waals surface area contributed by atoms with Crippen LogP contribution in [0.1, 0.15) is 6.42 Å². The predicted octanol–water partition coefficient (Wildman–Crippen LogP) is 4.51. The molecule has 0 spiro atoms. The van der Waals surface area contributed by atoms with Gasteiger partial charge in [-0.1, -0.05) is 23.7 Å². The van der Waals surface area contributed by atoms with Gasteiger partial charge in [-0.15, -0.1) is 11.3 Å². The molecule has 5 nitrogen and oxygen atoms in total. The molecule has 1 aliphatic heterocycles. The average molecular weight is 424 g/mol. The van der Waals surface area contributed by atoms with Gasteiger partial charge in [0.15, 0.2) is 0 Å². The number of hydrogen-bond acceptors (Lipinski definition) is 5. The van der Waals surface area contributed by atoms with Crippen LogP contribution < -0.4 is 15.6 Å². The first-order valence-corrected chi connectivity index (χ1v) is 10.6. The van der Waals surface area contributed by atoms with Crippen molar-refractivity contribution in [2.45, 2.75) is 12.5 Å². The van der Waals surface area contributed by atoms with Crippen LogP contribution in [0.5, 0.6) is 5.88 Å². The van der Waals surface area contributed by atoms with Crippen molar-refractivity contribution in [2.24, 2.45) is 0 Å². The molecule has 5 rings (SSSR count). The van der Waals surface area contributed by atoms with E-state index >= 15 is 0 Å². The SMILES string of the molecule is O=c1c2sc(-c3ccc(Cl)cc3)cc2ccn1-c1ccc(OC2CCNC2)nc1. The maximum atomic E-state index is 13.1. The molecular weight excluding hydrogens is 406 g/mol. The van der Waals surface area contributed by atoms with E-state index in [2.05, 4.69) is 10.3 Å². The van der Waals surface area contributed by atoms with Gasteiger partial charge in [-0.2, -0.15) is 0 Å². The molecule has 1 aromatic carbocycles. The second kappa shape index (κ2) is 7.63. The predicted molar refractivity (Wildman–Crippen MR) is 118 cm³/mol. The van der Waals surface area contributed by atoms with Crippen molar-refractivity contribution in [3.05, 3.63) is 76.3 Å². The fourth-order valence-corrected chi connectivity index (χ4v) is 4.69. The van der Waals surface area contributed by atoms with Crippen molar-refractivity contribution in [3.63, 3.8) is 0 Å². The maximum absolute atomic E-state index is 13.1. The normalized spacial score (nSPS) is 16.4. The van der Waals surface area contributed by atoms with E-state index in [4.69, 9.17) is 16.3 Å². The van der Waals surface area contributed by atoms with E-state index in [9.17, 15) is 4.79 Å². The molecule has 1 saturated heterocycles. The molecule has 146 valence electrons. The highest BCUT2D eigenvalue weighted by molar-refractivity contribution is 7.22. The smallest absolute Gasteiger partial charge is 0.273 e. The van der Waals surface area contributed by atoms with Crippen LogP contribution in [0.2, 0.25) is 5.02 Å². The number of fused-ring (bicyclic) bond motifs is 1. The van der Waals surface area contributed by atoms with E-state index in [1.165, 1.54) is 11.3 Å². The summed E-state index contributed by atoms with van der Waals surface area (Å²) < 4.78 is 8.20. The van der Waals surface area contributed by atoms with Crippen LogP contribution in [-0.2, 0) is 0 Å². The van der Waals surface area contributed by atoms with Gasteiger partial charge in [0, 0.05) is 34.1 Å². The molecule has 3 aromatic heterocycles. The number of nitrogens with one attached hydrogen (secondary N) is 1. The third kappa shape index (κ3) is 3.67. The van der Waals surface area contributed by atoms with Crippen LogP contribution in [0.25, 0.3) is 26.2 Å². The Kier molecular flexibility index (Phi) is 4.83. The number of aromatic nitrogens is 2. The molecule has 1 fully saturated rings. The van der Waals surface area contributed by atoms with Gasteiger partial charge in [0.25, 0.3) is 5.56 Å². The molecule has 1 aliphatic rings. The molecule has 0 radical (unpaired) electrons. The Morgan fingerprint density at radius 3 is 2.76 bits per heavy atom. The third-order valence-corrected chi connectivity index (χ3v) is 6.45. The molecule has 4 heterocycles. The summed E-state index contributed by atoms with van der Waals surface area (Å²) in [5.41, 5.74) is 1.71. The Balaban J connectivity index is 1.46. The molecule has 7 heteroatoms. The zero-order chi connectivity index (χ0) is 19.8. The van der Waals surface area contributed by atoms with E-state index in [-0.39, 0.29) is 11.7 Å². The number of benzene rings is 1. The largest absolute Gasteiger partial charge is 0.473 e. The van der Waals surface area contributed by atoms with Crippen molar-refractivity contribution in [1.82, 2.24) is 14.9 Å². The lowest BCUT2D eigenvalue weighted by atomic mass is 10.2. The van der Waals surface area contributed by atoms with Gasteiger partial charge in [0.2, 0.25) is 5.88 Å². The number of halogens is 1. The third-order valence-electron chi connectivity index (χ3n) is 5.01. The lowest BCUT2D eigenvalue weighted by Gasteiger charge is -2.12. The van der Waals surface area contributed by atoms with E-state index in [0.717, 1.165) is 45.7 Å². The second-order valence-electron chi connectivity index (χ2n) is 6.98. The Bertz CT molecular complexity index is 1210. The molecule has 29 heavy (non-hydrogen) atoms. The molecule has 0 amide bonds. The number of hydrogen-bond donors (Lipinski definition) is 1. The number of rotatable bonds is 4. The van der Waals surface area contributed by atoms with Crippen molar-refractivity contribution < 1.29 is 4.74 Å². The number of pyridine rings is 2.